The van der Waals surface area contributed by atoms with Gasteiger partial charge < -0.3 is 4.74 Å². The van der Waals surface area contributed by atoms with Gasteiger partial charge in [0, 0.05) is 4.90 Å². The fourth-order valence-electron chi connectivity index (χ4n) is 1.40. The molecule has 0 radical (unpaired) electrons. The number of rotatable bonds is 6. The van der Waals surface area contributed by atoms with E-state index in [2.05, 4.69) is 0 Å². The lowest BCUT2D eigenvalue weighted by Gasteiger charge is -2.14. The third kappa shape index (κ3) is 4.77. The van der Waals surface area contributed by atoms with Crippen molar-refractivity contribution in [3.63, 3.8) is 0 Å². The first-order valence-electron chi connectivity index (χ1n) is 5.76. The Balaban J connectivity index is 2.65. The fraction of sp³-hybridized carbons (Fsp3) is 0.462. The van der Waals surface area contributed by atoms with Gasteiger partial charge in [-0.25, -0.2) is 4.39 Å². The minimum absolute atomic E-state index is 0.191. The maximum atomic E-state index is 12.8. The van der Waals surface area contributed by atoms with Gasteiger partial charge in [-0.3, -0.25) is 4.79 Å². The Morgan fingerprint density at radius 3 is 2.53 bits per heavy atom. The molecule has 0 bridgehead atoms. The summed E-state index contributed by atoms with van der Waals surface area (Å²) in [5.41, 5.74) is 0. The van der Waals surface area contributed by atoms with Gasteiger partial charge in [-0.2, -0.15) is 0 Å². The van der Waals surface area contributed by atoms with Gasteiger partial charge in [0.2, 0.25) is 0 Å². The van der Waals surface area contributed by atoms with Crippen molar-refractivity contribution in [1.82, 2.24) is 0 Å². The molecule has 0 aliphatic carbocycles. The summed E-state index contributed by atoms with van der Waals surface area (Å²) in [5.74, 6) is -0.457. The number of hydrogen-bond donors (Lipinski definition) is 0. The van der Waals surface area contributed by atoms with Gasteiger partial charge in [0.15, 0.2) is 0 Å². The lowest BCUT2D eigenvalue weighted by molar-refractivity contribution is -0.142. The third-order valence-corrected chi connectivity index (χ3v) is 3.45. The van der Waals surface area contributed by atoms with Crippen molar-refractivity contribution in [1.29, 1.82) is 0 Å². The smallest absolute Gasteiger partial charge is 0.319 e. The highest BCUT2D eigenvalue weighted by atomic mass is 32.2. The molecule has 1 rings (SSSR count). The SMILES string of the molecule is CCCC(Sc1ccc(F)cc1)C(=O)OCC. The minimum Gasteiger partial charge on any atom is -0.465 e. The van der Waals surface area contributed by atoms with Crippen LogP contribution in [0.1, 0.15) is 26.7 Å². The average molecular weight is 256 g/mol. The molecule has 0 saturated heterocycles. The van der Waals surface area contributed by atoms with Crippen molar-refractivity contribution in [3.8, 4) is 0 Å². The molecule has 0 N–H and O–H groups in total. The molecule has 1 atom stereocenters. The van der Waals surface area contributed by atoms with Crippen LogP contribution in [0.2, 0.25) is 0 Å². The zero-order valence-corrected chi connectivity index (χ0v) is 10.9. The van der Waals surface area contributed by atoms with Crippen molar-refractivity contribution in [3.05, 3.63) is 30.1 Å². The normalized spacial score (nSPS) is 12.2. The maximum Gasteiger partial charge on any atom is 0.319 e. The van der Waals surface area contributed by atoms with Crippen molar-refractivity contribution in [2.24, 2.45) is 0 Å². The van der Waals surface area contributed by atoms with Crippen LogP contribution >= 0.6 is 11.8 Å². The molecule has 4 heteroatoms. The van der Waals surface area contributed by atoms with Crippen LogP contribution in [0.5, 0.6) is 0 Å². The van der Waals surface area contributed by atoms with Gasteiger partial charge in [0.05, 0.1) is 6.61 Å². The summed E-state index contributed by atoms with van der Waals surface area (Å²) >= 11 is 1.43. The zero-order chi connectivity index (χ0) is 12.7. The van der Waals surface area contributed by atoms with Crippen molar-refractivity contribution < 1.29 is 13.9 Å². The van der Waals surface area contributed by atoms with Crippen LogP contribution in [0.25, 0.3) is 0 Å². The number of thioether (sulfide) groups is 1. The molecule has 0 saturated carbocycles. The highest BCUT2D eigenvalue weighted by molar-refractivity contribution is 8.00. The highest BCUT2D eigenvalue weighted by Crippen LogP contribution is 2.27. The van der Waals surface area contributed by atoms with Crippen LogP contribution < -0.4 is 0 Å². The topological polar surface area (TPSA) is 26.3 Å². The van der Waals surface area contributed by atoms with Crippen molar-refractivity contribution in [2.75, 3.05) is 6.61 Å². The van der Waals surface area contributed by atoms with Gasteiger partial charge in [-0.05, 0) is 37.6 Å². The van der Waals surface area contributed by atoms with Crippen molar-refractivity contribution >= 4 is 17.7 Å². The summed E-state index contributed by atoms with van der Waals surface area (Å²) < 4.78 is 17.8. The lowest BCUT2D eigenvalue weighted by Crippen LogP contribution is -2.20. The van der Waals surface area contributed by atoms with Gasteiger partial charge in [0.1, 0.15) is 11.1 Å². The van der Waals surface area contributed by atoms with Crippen LogP contribution in [0, 0.1) is 5.82 Å². The first-order valence-corrected chi connectivity index (χ1v) is 6.64. The van der Waals surface area contributed by atoms with Crippen LogP contribution in [0.3, 0.4) is 0 Å². The quantitative estimate of drug-likeness (QED) is 0.574. The lowest BCUT2D eigenvalue weighted by atomic mass is 10.2. The maximum absolute atomic E-state index is 12.8. The summed E-state index contributed by atoms with van der Waals surface area (Å²) in [6, 6.07) is 6.16. The zero-order valence-electron chi connectivity index (χ0n) is 10.1. The summed E-state index contributed by atoms with van der Waals surface area (Å²) in [5, 5.41) is -0.203. The second-order valence-corrected chi connectivity index (χ2v) is 4.88. The molecule has 0 aliphatic heterocycles. The number of halogens is 1. The standard InChI is InChI=1S/C13H17FO2S/c1-3-5-12(13(15)16-4-2)17-11-8-6-10(14)7-9-11/h6-9,12H,3-5H2,1-2H3. The summed E-state index contributed by atoms with van der Waals surface area (Å²) in [6.07, 6.45) is 1.68. The first kappa shape index (κ1) is 14.0. The Morgan fingerprint density at radius 1 is 1.35 bits per heavy atom. The molecule has 0 aromatic heterocycles. The Morgan fingerprint density at radius 2 is 2.00 bits per heavy atom. The van der Waals surface area contributed by atoms with E-state index in [1.807, 2.05) is 6.92 Å². The molecule has 0 amide bonds. The van der Waals surface area contributed by atoms with Crippen LogP contribution in [-0.4, -0.2) is 17.8 Å². The van der Waals surface area contributed by atoms with E-state index < -0.39 is 0 Å². The van der Waals surface area contributed by atoms with E-state index in [4.69, 9.17) is 4.74 Å². The Bertz CT molecular complexity index is 351. The molecule has 1 aromatic rings. The van der Waals surface area contributed by atoms with E-state index in [9.17, 15) is 9.18 Å². The van der Waals surface area contributed by atoms with E-state index in [0.717, 1.165) is 17.7 Å². The Labute approximate surface area is 106 Å². The average Bonchev–Trinajstić information content (AvgIpc) is 2.31. The van der Waals surface area contributed by atoms with E-state index in [0.29, 0.717) is 6.61 Å². The fourth-order valence-corrected chi connectivity index (χ4v) is 2.54. The van der Waals surface area contributed by atoms with Gasteiger partial charge in [-0.15, -0.1) is 11.8 Å². The highest BCUT2D eigenvalue weighted by Gasteiger charge is 2.19. The predicted octanol–water partition coefficient (Wildman–Crippen LogP) is 3.65. The van der Waals surface area contributed by atoms with Gasteiger partial charge in [0.25, 0.3) is 0 Å². The van der Waals surface area contributed by atoms with E-state index in [-0.39, 0.29) is 17.0 Å². The van der Waals surface area contributed by atoms with Crippen LogP contribution in [0.15, 0.2) is 29.2 Å². The summed E-state index contributed by atoms with van der Waals surface area (Å²) in [6.45, 7) is 4.21. The monoisotopic (exact) mass is 256 g/mol. The number of carbonyl (C=O) groups is 1. The Hall–Kier alpha value is -1.03. The molecular weight excluding hydrogens is 239 g/mol. The molecule has 1 unspecified atom stereocenters. The van der Waals surface area contributed by atoms with Gasteiger partial charge >= 0.3 is 5.97 Å². The summed E-state index contributed by atoms with van der Waals surface area (Å²) in [7, 11) is 0. The number of hydrogen-bond acceptors (Lipinski definition) is 3. The largest absolute Gasteiger partial charge is 0.465 e. The molecule has 0 heterocycles. The molecule has 0 aliphatic rings. The van der Waals surface area contributed by atoms with E-state index in [1.54, 1.807) is 19.1 Å². The molecule has 0 fully saturated rings. The van der Waals surface area contributed by atoms with Gasteiger partial charge in [-0.1, -0.05) is 13.3 Å². The summed E-state index contributed by atoms with van der Waals surface area (Å²) in [4.78, 5) is 12.6. The second kappa shape index (κ2) is 7.33. The number of esters is 1. The first-order chi connectivity index (χ1) is 8.17. The van der Waals surface area contributed by atoms with Crippen LogP contribution in [-0.2, 0) is 9.53 Å². The number of ether oxygens (including phenoxy) is 1. The van der Waals surface area contributed by atoms with Crippen molar-refractivity contribution in [2.45, 2.75) is 36.8 Å². The van der Waals surface area contributed by atoms with E-state index in [1.165, 1.54) is 23.9 Å². The van der Waals surface area contributed by atoms with Crippen LogP contribution in [0.4, 0.5) is 4.39 Å². The molecule has 94 valence electrons. The molecule has 2 nitrogen and oxygen atoms in total. The second-order valence-electron chi connectivity index (χ2n) is 3.60. The minimum atomic E-state index is -0.266. The van der Waals surface area contributed by atoms with E-state index >= 15 is 0 Å². The number of benzene rings is 1. The third-order valence-electron chi connectivity index (χ3n) is 2.19. The number of carbonyl (C=O) groups excluding carboxylic acids is 1. The molecular formula is C13H17FO2S. The predicted molar refractivity (Wildman–Crippen MR) is 67.6 cm³/mol. The Kier molecular flexibility index (Phi) is 6.05. The molecule has 17 heavy (non-hydrogen) atoms. The molecule has 1 aromatic carbocycles. The molecule has 0 spiro atoms.